The van der Waals surface area contributed by atoms with E-state index in [4.69, 9.17) is 10.00 Å². The largest absolute Gasteiger partial charge is 0.421 e. The number of ether oxygens (including phenoxy) is 1. The van der Waals surface area contributed by atoms with Crippen LogP contribution in [-0.2, 0) is 0 Å². The van der Waals surface area contributed by atoms with Crippen molar-refractivity contribution in [2.75, 3.05) is 0 Å². The number of rotatable bonds is 2. The topological polar surface area (TPSA) is 75.9 Å². The van der Waals surface area contributed by atoms with Crippen LogP contribution in [0.5, 0.6) is 5.75 Å². The maximum absolute atomic E-state index is 11.7. The van der Waals surface area contributed by atoms with Crippen LogP contribution in [0.15, 0.2) is 36.7 Å². The van der Waals surface area contributed by atoms with Crippen LogP contribution in [0.1, 0.15) is 21.7 Å². The number of aromatic nitrogens is 2. The van der Waals surface area contributed by atoms with Gasteiger partial charge in [0, 0.05) is 12.4 Å². The fourth-order valence-electron chi connectivity index (χ4n) is 1.25. The first-order chi connectivity index (χ1) is 8.69. The van der Waals surface area contributed by atoms with Gasteiger partial charge < -0.3 is 4.74 Å². The fraction of sp³-hybridized carbons (Fsp3) is 0.0769. The Balaban J connectivity index is 2.11. The minimum Gasteiger partial charge on any atom is -0.421 e. The lowest BCUT2D eigenvalue weighted by atomic mass is 10.2. The molecule has 0 unspecified atom stereocenters. The van der Waals surface area contributed by atoms with Crippen LogP contribution in [0.3, 0.4) is 0 Å². The van der Waals surface area contributed by atoms with E-state index < -0.39 is 5.97 Å². The highest BCUT2D eigenvalue weighted by molar-refractivity contribution is 5.86. The van der Waals surface area contributed by atoms with Gasteiger partial charge in [-0.05, 0) is 36.8 Å². The van der Waals surface area contributed by atoms with Gasteiger partial charge in [0.1, 0.15) is 5.75 Å². The number of carbonyl (C=O) groups excluding carboxylic acids is 1. The van der Waals surface area contributed by atoms with Crippen molar-refractivity contribution in [2.24, 2.45) is 0 Å². The second-order valence-electron chi connectivity index (χ2n) is 3.61. The Morgan fingerprint density at radius 2 is 1.83 bits per heavy atom. The Morgan fingerprint density at radius 3 is 2.39 bits per heavy atom. The summed E-state index contributed by atoms with van der Waals surface area (Å²) in [7, 11) is 0. The number of nitriles is 1. The zero-order valence-corrected chi connectivity index (χ0v) is 9.62. The zero-order chi connectivity index (χ0) is 13.0. The number of nitrogens with zero attached hydrogens (tertiary/aromatic N) is 3. The Labute approximate surface area is 104 Å². The number of esters is 1. The van der Waals surface area contributed by atoms with Gasteiger partial charge in [0.25, 0.3) is 0 Å². The molecule has 0 bridgehead atoms. The molecule has 5 heteroatoms. The molecule has 5 nitrogen and oxygen atoms in total. The molecule has 0 aliphatic rings. The van der Waals surface area contributed by atoms with Gasteiger partial charge in [0.2, 0.25) is 5.82 Å². The highest BCUT2D eigenvalue weighted by Gasteiger charge is 2.11. The van der Waals surface area contributed by atoms with E-state index in [2.05, 4.69) is 9.97 Å². The molecular weight excluding hydrogens is 230 g/mol. The molecule has 0 aliphatic carbocycles. The first kappa shape index (κ1) is 11.7. The number of carbonyl (C=O) groups is 1. The summed E-state index contributed by atoms with van der Waals surface area (Å²) >= 11 is 0. The summed E-state index contributed by atoms with van der Waals surface area (Å²) in [5.41, 5.74) is 1.37. The van der Waals surface area contributed by atoms with Gasteiger partial charge in [0.15, 0.2) is 0 Å². The maximum Gasteiger partial charge on any atom is 0.381 e. The van der Waals surface area contributed by atoms with E-state index in [0.717, 1.165) is 5.56 Å². The summed E-state index contributed by atoms with van der Waals surface area (Å²) in [6.07, 6.45) is 3.09. The average molecular weight is 239 g/mol. The molecule has 0 amide bonds. The van der Waals surface area contributed by atoms with E-state index >= 15 is 0 Å². The molecule has 0 saturated carbocycles. The van der Waals surface area contributed by atoms with E-state index in [9.17, 15) is 4.79 Å². The highest BCUT2D eigenvalue weighted by Crippen LogP contribution is 2.12. The third kappa shape index (κ3) is 2.68. The van der Waals surface area contributed by atoms with Crippen molar-refractivity contribution >= 4 is 5.97 Å². The predicted molar refractivity (Wildman–Crippen MR) is 62.9 cm³/mol. The van der Waals surface area contributed by atoms with Gasteiger partial charge >= 0.3 is 5.97 Å². The quantitative estimate of drug-likeness (QED) is 0.590. The highest BCUT2D eigenvalue weighted by atomic mass is 16.5. The fourth-order valence-corrected chi connectivity index (χ4v) is 1.25. The standard InChI is InChI=1S/C13H9N3O2/c1-9-7-15-12(16-8-9)13(17)18-11-4-2-10(6-14)3-5-11/h2-5,7-8H,1H3. The van der Waals surface area contributed by atoms with Crippen molar-refractivity contribution in [3.8, 4) is 11.8 Å². The van der Waals surface area contributed by atoms with E-state index in [1.54, 1.807) is 36.7 Å². The molecule has 2 aromatic rings. The third-order valence-corrected chi connectivity index (χ3v) is 2.16. The molecule has 0 aliphatic heterocycles. The van der Waals surface area contributed by atoms with Crippen molar-refractivity contribution < 1.29 is 9.53 Å². The van der Waals surface area contributed by atoms with E-state index in [0.29, 0.717) is 11.3 Å². The number of benzene rings is 1. The van der Waals surface area contributed by atoms with Gasteiger partial charge in [-0.1, -0.05) is 0 Å². The van der Waals surface area contributed by atoms with E-state index in [-0.39, 0.29) is 5.82 Å². The van der Waals surface area contributed by atoms with Crippen LogP contribution in [0.25, 0.3) is 0 Å². The van der Waals surface area contributed by atoms with Crippen molar-refractivity contribution in [3.63, 3.8) is 0 Å². The summed E-state index contributed by atoms with van der Waals surface area (Å²) in [5.74, 6) is -0.271. The first-order valence-corrected chi connectivity index (χ1v) is 5.20. The number of aryl methyl sites for hydroxylation is 1. The zero-order valence-electron chi connectivity index (χ0n) is 9.62. The van der Waals surface area contributed by atoms with Crippen molar-refractivity contribution in [1.29, 1.82) is 5.26 Å². The molecule has 0 fully saturated rings. The van der Waals surface area contributed by atoms with Crippen LogP contribution >= 0.6 is 0 Å². The van der Waals surface area contributed by atoms with Crippen LogP contribution in [0, 0.1) is 18.3 Å². The van der Waals surface area contributed by atoms with Crippen molar-refractivity contribution in [3.05, 3.63) is 53.6 Å². The third-order valence-electron chi connectivity index (χ3n) is 2.16. The van der Waals surface area contributed by atoms with Gasteiger partial charge in [-0.2, -0.15) is 5.26 Å². The minimum atomic E-state index is -0.625. The number of hydrogen-bond donors (Lipinski definition) is 0. The lowest BCUT2D eigenvalue weighted by Crippen LogP contribution is -2.12. The van der Waals surface area contributed by atoms with Crippen LogP contribution in [0.4, 0.5) is 0 Å². The minimum absolute atomic E-state index is 0.00459. The van der Waals surface area contributed by atoms with Crippen LogP contribution in [-0.4, -0.2) is 15.9 Å². The maximum atomic E-state index is 11.7. The first-order valence-electron chi connectivity index (χ1n) is 5.20. The second-order valence-corrected chi connectivity index (χ2v) is 3.61. The molecule has 0 spiro atoms. The molecule has 1 aromatic heterocycles. The Bertz CT molecular complexity index is 598. The summed E-state index contributed by atoms with van der Waals surface area (Å²) < 4.78 is 5.07. The normalized spacial score (nSPS) is 9.56. The monoisotopic (exact) mass is 239 g/mol. The molecule has 0 saturated heterocycles. The molecule has 0 atom stereocenters. The number of hydrogen-bond acceptors (Lipinski definition) is 5. The second kappa shape index (κ2) is 5.06. The molecule has 88 valence electrons. The lowest BCUT2D eigenvalue weighted by Gasteiger charge is -2.02. The summed E-state index contributed by atoms with van der Waals surface area (Å²) in [4.78, 5) is 19.4. The summed E-state index contributed by atoms with van der Waals surface area (Å²) in [5, 5.41) is 8.64. The molecular formula is C13H9N3O2. The molecule has 0 N–H and O–H groups in total. The molecule has 1 aromatic carbocycles. The lowest BCUT2D eigenvalue weighted by molar-refractivity contribution is 0.0722. The summed E-state index contributed by atoms with van der Waals surface area (Å²) in [6.45, 7) is 1.83. The van der Waals surface area contributed by atoms with Crippen LogP contribution < -0.4 is 4.74 Å². The Hall–Kier alpha value is -2.74. The Morgan fingerprint density at radius 1 is 1.22 bits per heavy atom. The average Bonchev–Trinajstić information content (AvgIpc) is 2.40. The molecule has 1 heterocycles. The van der Waals surface area contributed by atoms with Gasteiger partial charge in [-0.3, -0.25) is 0 Å². The van der Waals surface area contributed by atoms with Gasteiger partial charge in [-0.15, -0.1) is 0 Å². The van der Waals surface area contributed by atoms with Gasteiger partial charge in [-0.25, -0.2) is 14.8 Å². The van der Waals surface area contributed by atoms with Crippen molar-refractivity contribution in [2.45, 2.75) is 6.92 Å². The predicted octanol–water partition coefficient (Wildman–Crippen LogP) is 1.88. The van der Waals surface area contributed by atoms with Crippen LogP contribution in [0.2, 0.25) is 0 Å². The molecule has 0 radical (unpaired) electrons. The van der Waals surface area contributed by atoms with Crippen molar-refractivity contribution in [1.82, 2.24) is 9.97 Å². The molecule has 18 heavy (non-hydrogen) atoms. The Kier molecular flexibility index (Phi) is 3.30. The SMILES string of the molecule is Cc1cnc(C(=O)Oc2ccc(C#N)cc2)nc1. The molecule has 2 rings (SSSR count). The van der Waals surface area contributed by atoms with Gasteiger partial charge in [0.05, 0.1) is 11.6 Å². The van der Waals surface area contributed by atoms with E-state index in [1.165, 1.54) is 0 Å². The smallest absolute Gasteiger partial charge is 0.381 e. The summed E-state index contributed by atoms with van der Waals surface area (Å²) in [6, 6.07) is 8.21. The van der Waals surface area contributed by atoms with E-state index in [1.807, 2.05) is 13.0 Å².